The maximum atomic E-state index is 11.2. The monoisotopic (exact) mass is 196 g/mol. The molecule has 4 heteroatoms. The minimum Gasteiger partial charge on any atom is -0.383 e. The van der Waals surface area contributed by atoms with E-state index in [0.29, 0.717) is 26.1 Å². The van der Waals surface area contributed by atoms with Crippen LogP contribution in [-0.2, 0) is 4.79 Å². The van der Waals surface area contributed by atoms with Crippen LogP contribution < -0.4 is 0 Å². The highest BCUT2D eigenvalue weighted by Crippen LogP contribution is 2.09. The van der Waals surface area contributed by atoms with Gasteiger partial charge in [-0.3, -0.25) is 9.69 Å². The molecule has 1 atom stereocenters. The number of likely N-dealkylation sites (tertiary alicyclic amines) is 1. The van der Waals surface area contributed by atoms with Gasteiger partial charge in [0.2, 0.25) is 0 Å². The molecule has 1 heterocycles. The Kier molecular flexibility index (Phi) is 3.93. The summed E-state index contributed by atoms with van der Waals surface area (Å²) in [4.78, 5) is 14.8. The summed E-state index contributed by atoms with van der Waals surface area (Å²) in [5.41, 5.74) is 0. The van der Waals surface area contributed by atoms with Gasteiger partial charge in [0.25, 0.3) is 5.91 Å². The molecule has 0 radical (unpaired) electrons. The number of carbonyl (C=O) groups is 1. The van der Waals surface area contributed by atoms with Crippen molar-refractivity contribution in [1.29, 1.82) is 0 Å². The highest BCUT2D eigenvalue weighted by Gasteiger charge is 2.28. The first kappa shape index (κ1) is 11.0. The van der Waals surface area contributed by atoms with Crippen LogP contribution in [0.15, 0.2) is 0 Å². The molecular formula is C10H16N2O2. The zero-order valence-electron chi connectivity index (χ0n) is 8.66. The molecule has 0 spiro atoms. The Morgan fingerprint density at radius 3 is 2.79 bits per heavy atom. The molecule has 4 nitrogen and oxygen atoms in total. The van der Waals surface area contributed by atoms with Gasteiger partial charge >= 0.3 is 0 Å². The molecule has 1 amide bonds. The molecule has 1 aliphatic rings. The summed E-state index contributed by atoms with van der Waals surface area (Å²) >= 11 is 0. The molecule has 0 aromatic carbocycles. The third kappa shape index (κ3) is 3.02. The van der Waals surface area contributed by atoms with Gasteiger partial charge in [0.1, 0.15) is 6.10 Å². The van der Waals surface area contributed by atoms with Crippen LogP contribution in [0.4, 0.5) is 0 Å². The first-order valence-corrected chi connectivity index (χ1v) is 4.68. The summed E-state index contributed by atoms with van der Waals surface area (Å²) in [6.07, 6.45) is -0.264. The summed E-state index contributed by atoms with van der Waals surface area (Å²) in [6.45, 7) is 1.75. The van der Waals surface area contributed by atoms with E-state index < -0.39 is 6.10 Å². The topological polar surface area (TPSA) is 43.8 Å². The van der Waals surface area contributed by atoms with E-state index in [1.807, 2.05) is 19.0 Å². The fraction of sp³-hybridized carbons (Fsp3) is 0.700. The maximum absolute atomic E-state index is 11.2. The molecule has 0 aromatic rings. The Morgan fingerprint density at radius 2 is 2.29 bits per heavy atom. The van der Waals surface area contributed by atoms with E-state index in [2.05, 4.69) is 11.8 Å². The second-order valence-electron chi connectivity index (χ2n) is 3.66. The van der Waals surface area contributed by atoms with Crippen LogP contribution in [0.3, 0.4) is 0 Å². The predicted octanol–water partition coefficient (Wildman–Crippen LogP) is -0.855. The first-order chi connectivity index (χ1) is 6.61. The van der Waals surface area contributed by atoms with Crippen molar-refractivity contribution in [2.45, 2.75) is 12.5 Å². The maximum Gasteiger partial charge on any atom is 0.252 e. The summed E-state index contributed by atoms with van der Waals surface area (Å²) in [7, 11) is 3.89. The van der Waals surface area contributed by atoms with Crippen LogP contribution in [-0.4, -0.2) is 60.6 Å². The Balaban J connectivity index is 2.31. The molecule has 1 aliphatic heterocycles. The Morgan fingerprint density at radius 1 is 1.57 bits per heavy atom. The Bertz CT molecular complexity index is 265. The van der Waals surface area contributed by atoms with E-state index in [1.54, 1.807) is 4.90 Å². The molecule has 0 bridgehead atoms. The molecule has 0 unspecified atom stereocenters. The third-order valence-electron chi connectivity index (χ3n) is 2.06. The minimum absolute atomic E-state index is 0.191. The molecule has 14 heavy (non-hydrogen) atoms. The Labute approximate surface area is 84.5 Å². The van der Waals surface area contributed by atoms with E-state index in [0.717, 1.165) is 0 Å². The average molecular weight is 196 g/mol. The van der Waals surface area contributed by atoms with Crippen molar-refractivity contribution in [2.24, 2.45) is 0 Å². The van der Waals surface area contributed by atoms with Crippen LogP contribution in [0.5, 0.6) is 0 Å². The number of carbonyl (C=O) groups excluding carboxylic acids is 1. The molecule has 0 saturated carbocycles. The predicted molar refractivity (Wildman–Crippen MR) is 53.5 cm³/mol. The normalized spacial score (nSPS) is 21.3. The van der Waals surface area contributed by atoms with Gasteiger partial charge in [-0.05, 0) is 20.5 Å². The van der Waals surface area contributed by atoms with Crippen LogP contribution in [0.1, 0.15) is 6.42 Å². The van der Waals surface area contributed by atoms with Crippen molar-refractivity contribution in [2.75, 3.05) is 33.7 Å². The molecule has 1 saturated heterocycles. The van der Waals surface area contributed by atoms with Gasteiger partial charge in [-0.15, -0.1) is 0 Å². The quantitative estimate of drug-likeness (QED) is 0.585. The smallest absolute Gasteiger partial charge is 0.252 e. The van der Waals surface area contributed by atoms with E-state index >= 15 is 0 Å². The summed E-state index contributed by atoms with van der Waals surface area (Å²) in [5, 5.41) is 9.17. The molecule has 78 valence electrons. The molecule has 0 aromatic heterocycles. The van der Waals surface area contributed by atoms with Gasteiger partial charge in [0.05, 0.1) is 13.1 Å². The summed E-state index contributed by atoms with van der Waals surface area (Å²) in [6, 6.07) is 0. The van der Waals surface area contributed by atoms with Crippen molar-refractivity contribution < 1.29 is 9.90 Å². The summed E-state index contributed by atoms with van der Waals surface area (Å²) in [5.74, 6) is 5.67. The van der Waals surface area contributed by atoms with E-state index in [-0.39, 0.29) is 5.91 Å². The third-order valence-corrected chi connectivity index (χ3v) is 2.06. The highest BCUT2D eigenvalue weighted by molar-refractivity contribution is 5.82. The fourth-order valence-corrected chi connectivity index (χ4v) is 1.24. The lowest BCUT2D eigenvalue weighted by Crippen LogP contribution is -2.29. The largest absolute Gasteiger partial charge is 0.383 e. The number of nitrogens with zero attached hydrogens (tertiary/aromatic N) is 2. The zero-order valence-corrected chi connectivity index (χ0v) is 8.66. The van der Waals surface area contributed by atoms with Gasteiger partial charge in [-0.2, -0.15) is 0 Å². The Hall–Kier alpha value is -1.05. The number of aliphatic hydroxyl groups is 1. The molecular weight excluding hydrogens is 180 g/mol. The van der Waals surface area contributed by atoms with Crippen molar-refractivity contribution >= 4 is 5.91 Å². The van der Waals surface area contributed by atoms with Crippen molar-refractivity contribution in [3.05, 3.63) is 0 Å². The molecule has 1 fully saturated rings. The second kappa shape index (κ2) is 4.99. The van der Waals surface area contributed by atoms with Crippen LogP contribution in [0, 0.1) is 11.8 Å². The summed E-state index contributed by atoms with van der Waals surface area (Å²) < 4.78 is 0. The minimum atomic E-state index is -0.800. The SMILES string of the molecule is CN(C)CC#CCN1CC[C@H](O)C1=O. The van der Waals surface area contributed by atoms with Crippen LogP contribution in [0.25, 0.3) is 0 Å². The molecule has 0 aliphatic carbocycles. The lowest BCUT2D eigenvalue weighted by Gasteiger charge is -2.10. The van der Waals surface area contributed by atoms with Gasteiger partial charge in [-0.1, -0.05) is 11.8 Å². The number of amides is 1. The van der Waals surface area contributed by atoms with Crippen LogP contribution >= 0.6 is 0 Å². The van der Waals surface area contributed by atoms with Crippen molar-refractivity contribution in [1.82, 2.24) is 9.80 Å². The number of hydrogen-bond donors (Lipinski definition) is 1. The van der Waals surface area contributed by atoms with Gasteiger partial charge in [0, 0.05) is 6.54 Å². The van der Waals surface area contributed by atoms with E-state index in [9.17, 15) is 4.79 Å². The van der Waals surface area contributed by atoms with Crippen molar-refractivity contribution in [3.8, 4) is 11.8 Å². The highest BCUT2D eigenvalue weighted by atomic mass is 16.3. The number of hydrogen-bond acceptors (Lipinski definition) is 3. The van der Waals surface area contributed by atoms with E-state index in [4.69, 9.17) is 5.11 Å². The molecule has 1 rings (SSSR count). The van der Waals surface area contributed by atoms with Crippen LogP contribution in [0.2, 0.25) is 0 Å². The fourth-order valence-electron chi connectivity index (χ4n) is 1.24. The lowest BCUT2D eigenvalue weighted by molar-refractivity contribution is -0.133. The zero-order chi connectivity index (χ0) is 10.6. The van der Waals surface area contributed by atoms with Gasteiger partial charge < -0.3 is 10.0 Å². The van der Waals surface area contributed by atoms with Crippen molar-refractivity contribution in [3.63, 3.8) is 0 Å². The number of aliphatic hydroxyl groups excluding tert-OH is 1. The van der Waals surface area contributed by atoms with Gasteiger partial charge in [0.15, 0.2) is 0 Å². The molecule has 1 N–H and O–H groups in total. The first-order valence-electron chi connectivity index (χ1n) is 4.68. The lowest BCUT2D eigenvalue weighted by atomic mass is 10.3. The average Bonchev–Trinajstić information content (AvgIpc) is 2.43. The number of rotatable bonds is 2. The standard InChI is InChI=1S/C10H16N2O2/c1-11(2)6-3-4-7-12-8-5-9(13)10(12)14/h9,13H,5-8H2,1-2H3/t9-/m0/s1. The second-order valence-corrected chi connectivity index (χ2v) is 3.66. The van der Waals surface area contributed by atoms with E-state index in [1.165, 1.54) is 0 Å². The van der Waals surface area contributed by atoms with Gasteiger partial charge in [-0.25, -0.2) is 0 Å².